The highest BCUT2D eigenvalue weighted by Crippen LogP contribution is 2.40. The number of piperazine rings is 1. The Kier molecular flexibility index (Phi) is 7.37. The molecule has 39 heavy (non-hydrogen) atoms. The monoisotopic (exact) mass is 532 g/mol. The van der Waals surface area contributed by atoms with Crippen LogP contribution in [0.4, 0.5) is 18.9 Å². The van der Waals surface area contributed by atoms with Crippen LogP contribution < -0.4 is 5.32 Å². The number of nitrogens with one attached hydrogen (secondary N) is 1. The predicted molar refractivity (Wildman–Crippen MR) is 142 cm³/mol. The number of hydrogen-bond acceptors (Lipinski definition) is 5. The molecule has 3 heterocycles. The van der Waals surface area contributed by atoms with Crippen molar-refractivity contribution in [3.05, 3.63) is 94.4 Å². The summed E-state index contributed by atoms with van der Waals surface area (Å²) in [5.74, 6) is 5.42. The minimum absolute atomic E-state index is 0.0436. The number of halogens is 3. The van der Waals surface area contributed by atoms with Gasteiger partial charge in [-0.2, -0.15) is 18.3 Å². The fourth-order valence-electron chi connectivity index (χ4n) is 4.68. The second-order valence-electron chi connectivity index (χ2n) is 9.53. The van der Waals surface area contributed by atoms with Gasteiger partial charge in [-0.1, -0.05) is 24.1 Å². The maximum Gasteiger partial charge on any atom is 0.417 e. The van der Waals surface area contributed by atoms with Crippen molar-refractivity contribution in [3.8, 4) is 11.8 Å². The van der Waals surface area contributed by atoms with Crippen LogP contribution in [0.3, 0.4) is 0 Å². The second-order valence-corrected chi connectivity index (χ2v) is 9.53. The first-order chi connectivity index (χ1) is 18.7. The van der Waals surface area contributed by atoms with Crippen molar-refractivity contribution in [2.45, 2.75) is 19.6 Å². The molecule has 5 rings (SSSR count). The Labute approximate surface area is 224 Å². The summed E-state index contributed by atoms with van der Waals surface area (Å²) in [4.78, 5) is 21.3. The maximum atomic E-state index is 14.7. The average molecular weight is 533 g/mol. The minimum Gasteiger partial charge on any atom is -0.322 e. The molecular formula is C29H27F3N6O. The van der Waals surface area contributed by atoms with E-state index in [-0.39, 0.29) is 28.9 Å². The number of anilines is 1. The number of likely N-dealkylation sites (N-methyl/N-ethyl adjacent to an activating group) is 1. The van der Waals surface area contributed by atoms with Gasteiger partial charge in [-0.25, -0.2) is 9.50 Å². The van der Waals surface area contributed by atoms with Crippen LogP contribution in [0.1, 0.15) is 38.3 Å². The Hall–Kier alpha value is -4.20. The van der Waals surface area contributed by atoms with Gasteiger partial charge in [0.2, 0.25) is 0 Å². The lowest BCUT2D eigenvalue weighted by Gasteiger charge is -2.33. The lowest BCUT2D eigenvalue weighted by Crippen LogP contribution is -2.44. The lowest BCUT2D eigenvalue weighted by atomic mass is 9.93. The number of aromatic nitrogens is 3. The molecule has 0 bridgehead atoms. The first kappa shape index (κ1) is 26.4. The van der Waals surface area contributed by atoms with Crippen LogP contribution in [0.2, 0.25) is 0 Å². The fourth-order valence-corrected chi connectivity index (χ4v) is 4.68. The summed E-state index contributed by atoms with van der Waals surface area (Å²) in [6.45, 7) is 4.29. The minimum atomic E-state index is -4.65. The van der Waals surface area contributed by atoms with Crippen LogP contribution in [0.25, 0.3) is 5.65 Å². The van der Waals surface area contributed by atoms with Crippen molar-refractivity contribution in [2.75, 3.05) is 38.5 Å². The van der Waals surface area contributed by atoms with Gasteiger partial charge >= 0.3 is 6.18 Å². The highest BCUT2D eigenvalue weighted by molar-refractivity contribution is 6.04. The lowest BCUT2D eigenvalue weighted by molar-refractivity contribution is -0.138. The summed E-state index contributed by atoms with van der Waals surface area (Å²) in [5, 5.41) is 6.92. The van der Waals surface area contributed by atoms with E-state index in [1.807, 2.05) is 11.9 Å². The number of rotatable bonds is 4. The molecule has 1 aliphatic heterocycles. The smallest absolute Gasteiger partial charge is 0.322 e. The average Bonchev–Trinajstić information content (AvgIpc) is 3.33. The van der Waals surface area contributed by atoms with Crippen LogP contribution in [-0.2, 0) is 12.7 Å². The van der Waals surface area contributed by atoms with Gasteiger partial charge in [0, 0.05) is 55.7 Å². The van der Waals surface area contributed by atoms with E-state index in [4.69, 9.17) is 0 Å². The summed E-state index contributed by atoms with van der Waals surface area (Å²) in [7, 11) is 1.99. The summed E-state index contributed by atoms with van der Waals surface area (Å²) < 4.78 is 45.5. The zero-order chi connectivity index (χ0) is 27.6. The molecule has 0 radical (unpaired) electrons. The maximum absolute atomic E-state index is 14.7. The molecule has 1 N–H and O–H groups in total. The SMILES string of the molecule is Cc1c(NC(=O)c2ccccc2)cc(C#Cc2cnc3cccnn23)c(CN2CCN(C)CC2)c1C(F)(F)F. The van der Waals surface area contributed by atoms with Crippen molar-refractivity contribution in [3.63, 3.8) is 0 Å². The third-order valence-electron chi connectivity index (χ3n) is 6.84. The van der Waals surface area contributed by atoms with Crippen molar-refractivity contribution < 1.29 is 18.0 Å². The van der Waals surface area contributed by atoms with Gasteiger partial charge in [-0.15, -0.1) is 0 Å². The Balaban J connectivity index is 1.63. The van der Waals surface area contributed by atoms with Gasteiger partial charge in [0.05, 0.1) is 11.8 Å². The molecule has 2 aromatic heterocycles. The zero-order valence-corrected chi connectivity index (χ0v) is 21.6. The Morgan fingerprint density at radius 2 is 1.79 bits per heavy atom. The molecule has 0 atom stereocenters. The van der Waals surface area contributed by atoms with Crippen LogP contribution in [0.15, 0.2) is 60.9 Å². The number of imidazole rings is 1. The number of benzene rings is 2. The number of hydrogen-bond donors (Lipinski definition) is 1. The van der Waals surface area contributed by atoms with Gasteiger partial charge in [0.15, 0.2) is 5.65 Å². The third kappa shape index (κ3) is 5.79. The molecule has 10 heteroatoms. The van der Waals surface area contributed by atoms with Crippen molar-refractivity contribution in [1.29, 1.82) is 0 Å². The number of carbonyl (C=O) groups is 1. The topological polar surface area (TPSA) is 65.8 Å². The van der Waals surface area contributed by atoms with Gasteiger partial charge in [0.25, 0.3) is 5.91 Å². The Morgan fingerprint density at radius 1 is 1.05 bits per heavy atom. The highest BCUT2D eigenvalue weighted by atomic mass is 19.4. The summed E-state index contributed by atoms with van der Waals surface area (Å²) in [6.07, 6.45) is -1.53. The van der Waals surface area contributed by atoms with Crippen molar-refractivity contribution >= 4 is 17.2 Å². The molecule has 0 unspecified atom stereocenters. The zero-order valence-electron chi connectivity index (χ0n) is 21.6. The summed E-state index contributed by atoms with van der Waals surface area (Å²) >= 11 is 0. The predicted octanol–water partition coefficient (Wildman–Crippen LogP) is 4.46. The summed E-state index contributed by atoms with van der Waals surface area (Å²) in [6, 6.07) is 13.4. The largest absolute Gasteiger partial charge is 0.417 e. The fraction of sp³-hybridized carbons (Fsp3) is 0.276. The normalized spacial score (nSPS) is 14.7. The van der Waals surface area contributed by atoms with E-state index in [0.29, 0.717) is 30.0 Å². The molecule has 1 fully saturated rings. The van der Waals surface area contributed by atoms with Gasteiger partial charge in [-0.05, 0) is 61.4 Å². The molecule has 1 aliphatic rings. The number of fused-ring (bicyclic) bond motifs is 1. The van der Waals surface area contributed by atoms with Crippen LogP contribution in [0.5, 0.6) is 0 Å². The molecule has 0 aliphatic carbocycles. The second kappa shape index (κ2) is 10.9. The van der Waals surface area contributed by atoms with E-state index in [2.05, 4.69) is 32.1 Å². The van der Waals surface area contributed by atoms with Gasteiger partial charge in [0.1, 0.15) is 5.69 Å². The standard InChI is InChI=1S/C29H27F3N6O/c1-20-25(35-28(39)21-7-4-3-5-8-21)17-22(10-11-23-18-33-26-9-6-12-34-38(23)26)24(27(20)29(30,31)32)19-37-15-13-36(2)14-16-37/h3-9,12,17-18H,13-16,19H2,1-2H3,(H,35,39). The number of amides is 1. The van der Waals surface area contributed by atoms with E-state index in [1.54, 1.807) is 54.7 Å². The van der Waals surface area contributed by atoms with Gasteiger partial charge < -0.3 is 10.2 Å². The van der Waals surface area contributed by atoms with Crippen molar-refractivity contribution in [2.24, 2.45) is 0 Å². The van der Waals surface area contributed by atoms with E-state index in [9.17, 15) is 18.0 Å². The number of nitrogens with zero attached hydrogens (tertiary/aromatic N) is 5. The Morgan fingerprint density at radius 3 is 2.51 bits per heavy atom. The quantitative estimate of drug-likeness (QED) is 0.394. The van der Waals surface area contributed by atoms with E-state index >= 15 is 0 Å². The van der Waals surface area contributed by atoms with Gasteiger partial charge in [-0.3, -0.25) is 9.69 Å². The molecule has 2 aromatic carbocycles. The first-order valence-electron chi connectivity index (χ1n) is 12.5. The van der Waals surface area contributed by atoms with Crippen molar-refractivity contribution in [1.82, 2.24) is 24.4 Å². The molecule has 0 saturated carbocycles. The van der Waals surface area contributed by atoms with Crippen LogP contribution >= 0.6 is 0 Å². The first-order valence-corrected chi connectivity index (χ1v) is 12.5. The van der Waals surface area contributed by atoms with Crippen LogP contribution in [-0.4, -0.2) is 63.5 Å². The molecule has 1 amide bonds. The Bertz CT molecular complexity index is 1560. The number of carbonyl (C=O) groups excluding carboxylic acids is 1. The number of alkyl halides is 3. The molecule has 7 nitrogen and oxygen atoms in total. The highest BCUT2D eigenvalue weighted by Gasteiger charge is 2.38. The van der Waals surface area contributed by atoms with Crippen LogP contribution in [0, 0.1) is 18.8 Å². The molecular weight excluding hydrogens is 505 g/mol. The summed E-state index contributed by atoms with van der Waals surface area (Å²) in [5.41, 5.74) is 0.911. The molecule has 1 saturated heterocycles. The third-order valence-corrected chi connectivity index (χ3v) is 6.84. The molecule has 4 aromatic rings. The van der Waals surface area contributed by atoms with E-state index < -0.39 is 17.6 Å². The molecule has 200 valence electrons. The van der Waals surface area contributed by atoms with E-state index in [0.717, 1.165) is 13.1 Å². The van der Waals surface area contributed by atoms with E-state index in [1.165, 1.54) is 17.6 Å². The molecule has 0 spiro atoms.